The van der Waals surface area contributed by atoms with Crippen LogP contribution in [0.2, 0.25) is 0 Å². The van der Waals surface area contributed by atoms with Crippen LogP contribution in [0.25, 0.3) is 17.1 Å². The van der Waals surface area contributed by atoms with Crippen LogP contribution in [0.1, 0.15) is 0 Å². The number of nitrogens with two attached hydrogens (primary N) is 2. The molecule has 0 aromatic carbocycles. The van der Waals surface area contributed by atoms with E-state index in [2.05, 4.69) is 15.1 Å². The summed E-state index contributed by atoms with van der Waals surface area (Å²) < 4.78 is 6.66. The summed E-state index contributed by atoms with van der Waals surface area (Å²) >= 11 is 0. The van der Waals surface area contributed by atoms with Crippen LogP contribution < -0.4 is 11.5 Å². The molecule has 3 aromatic heterocycles. The Kier molecular flexibility index (Phi) is 1.61. The van der Waals surface area contributed by atoms with E-state index < -0.39 is 0 Å². The van der Waals surface area contributed by atoms with Gasteiger partial charge in [-0.25, -0.2) is 0 Å². The number of aromatic nitrogens is 4. The first kappa shape index (κ1) is 8.72. The van der Waals surface area contributed by atoms with Crippen molar-refractivity contribution in [2.45, 2.75) is 0 Å². The topological polar surface area (TPSA) is 108 Å². The molecular weight excluding hydrogens is 208 g/mol. The van der Waals surface area contributed by atoms with Gasteiger partial charge in [0.05, 0.1) is 6.26 Å². The predicted octanol–water partition coefficient (Wildman–Crippen LogP) is 0.549. The van der Waals surface area contributed by atoms with Crippen LogP contribution in [-0.4, -0.2) is 19.6 Å². The number of hydrogen-bond acceptors (Lipinski definition) is 6. The Morgan fingerprint density at radius 1 is 1.31 bits per heavy atom. The zero-order chi connectivity index (χ0) is 11.1. The van der Waals surface area contributed by atoms with Gasteiger partial charge in [0.2, 0.25) is 0 Å². The molecule has 0 spiro atoms. The minimum atomic E-state index is 0.271. The minimum Gasteiger partial charge on any atom is -0.464 e. The van der Waals surface area contributed by atoms with Crippen LogP contribution in [0.15, 0.2) is 29.1 Å². The van der Waals surface area contributed by atoms with Gasteiger partial charge in [0.25, 0.3) is 5.78 Å². The lowest BCUT2D eigenvalue weighted by atomic mass is 10.2. The summed E-state index contributed by atoms with van der Waals surface area (Å²) in [6, 6.07) is 3.51. The van der Waals surface area contributed by atoms with Gasteiger partial charge in [-0.05, 0) is 12.1 Å². The van der Waals surface area contributed by atoms with Crippen LogP contribution in [-0.2, 0) is 0 Å². The molecule has 7 nitrogen and oxygen atoms in total. The van der Waals surface area contributed by atoms with Crippen LogP contribution >= 0.6 is 0 Å². The van der Waals surface area contributed by atoms with E-state index in [-0.39, 0.29) is 5.82 Å². The van der Waals surface area contributed by atoms with E-state index in [0.29, 0.717) is 22.9 Å². The van der Waals surface area contributed by atoms with Gasteiger partial charge < -0.3 is 15.9 Å². The first-order valence-corrected chi connectivity index (χ1v) is 4.56. The first-order valence-electron chi connectivity index (χ1n) is 4.56. The van der Waals surface area contributed by atoms with Gasteiger partial charge in [-0.2, -0.15) is 19.6 Å². The number of nitrogen functional groups attached to an aromatic ring is 2. The third kappa shape index (κ3) is 1.05. The Labute approximate surface area is 89.7 Å². The second-order valence-electron chi connectivity index (χ2n) is 3.21. The number of anilines is 2. The zero-order valence-electron chi connectivity index (χ0n) is 8.16. The summed E-state index contributed by atoms with van der Waals surface area (Å²) in [5.74, 6) is 1.55. The molecule has 0 atom stereocenters. The van der Waals surface area contributed by atoms with Gasteiger partial charge >= 0.3 is 0 Å². The van der Waals surface area contributed by atoms with Crippen molar-refractivity contribution in [2.75, 3.05) is 11.5 Å². The normalized spacial score (nSPS) is 11.0. The van der Waals surface area contributed by atoms with Gasteiger partial charge in [-0.15, -0.1) is 0 Å². The molecule has 0 amide bonds. The Morgan fingerprint density at radius 3 is 2.94 bits per heavy atom. The van der Waals surface area contributed by atoms with Crippen LogP contribution in [0.5, 0.6) is 0 Å². The van der Waals surface area contributed by atoms with Gasteiger partial charge in [0.15, 0.2) is 0 Å². The summed E-state index contributed by atoms with van der Waals surface area (Å²) in [6.07, 6.45) is 2.91. The molecular formula is C9H8N6O. The maximum atomic E-state index is 5.94. The smallest absolute Gasteiger partial charge is 0.256 e. The van der Waals surface area contributed by atoms with E-state index in [1.54, 1.807) is 18.4 Å². The molecule has 0 bridgehead atoms. The largest absolute Gasteiger partial charge is 0.464 e. The third-order valence-corrected chi connectivity index (χ3v) is 2.26. The fraction of sp³-hybridized carbons (Fsp3) is 0. The molecule has 16 heavy (non-hydrogen) atoms. The average molecular weight is 216 g/mol. The summed E-state index contributed by atoms with van der Waals surface area (Å²) in [4.78, 5) is 7.99. The second kappa shape index (κ2) is 2.96. The van der Waals surface area contributed by atoms with Crippen molar-refractivity contribution in [3.05, 3.63) is 24.7 Å². The highest BCUT2D eigenvalue weighted by Gasteiger charge is 2.15. The minimum absolute atomic E-state index is 0.271. The third-order valence-electron chi connectivity index (χ3n) is 2.26. The maximum absolute atomic E-state index is 5.94. The molecule has 7 heteroatoms. The highest BCUT2D eigenvalue weighted by molar-refractivity contribution is 5.81. The summed E-state index contributed by atoms with van der Waals surface area (Å²) in [7, 11) is 0. The predicted molar refractivity (Wildman–Crippen MR) is 57.3 cm³/mol. The Hall–Kier alpha value is -2.57. The fourth-order valence-electron chi connectivity index (χ4n) is 1.56. The number of rotatable bonds is 1. The number of furan rings is 1. The molecule has 0 saturated heterocycles. The molecule has 0 radical (unpaired) electrons. The molecule has 4 N–H and O–H groups in total. The lowest BCUT2D eigenvalue weighted by Crippen LogP contribution is -2.06. The van der Waals surface area contributed by atoms with Gasteiger partial charge in [0.1, 0.15) is 29.3 Å². The van der Waals surface area contributed by atoms with E-state index in [1.165, 1.54) is 10.8 Å². The molecule has 3 heterocycles. The summed E-state index contributed by atoms with van der Waals surface area (Å²) in [6.45, 7) is 0. The van der Waals surface area contributed by atoms with Gasteiger partial charge in [-0.1, -0.05) is 0 Å². The monoisotopic (exact) mass is 216 g/mol. The van der Waals surface area contributed by atoms with Crippen molar-refractivity contribution in [3.8, 4) is 11.3 Å². The lowest BCUT2D eigenvalue weighted by molar-refractivity contribution is 0.582. The quantitative estimate of drug-likeness (QED) is 0.614. The molecule has 0 fully saturated rings. The Bertz CT molecular complexity index is 641. The van der Waals surface area contributed by atoms with E-state index in [4.69, 9.17) is 15.9 Å². The van der Waals surface area contributed by atoms with E-state index >= 15 is 0 Å². The van der Waals surface area contributed by atoms with E-state index in [9.17, 15) is 0 Å². The van der Waals surface area contributed by atoms with Crippen molar-refractivity contribution in [2.24, 2.45) is 0 Å². The van der Waals surface area contributed by atoms with Crippen LogP contribution in [0.3, 0.4) is 0 Å². The van der Waals surface area contributed by atoms with Crippen LogP contribution in [0, 0.1) is 0 Å². The van der Waals surface area contributed by atoms with Crippen molar-refractivity contribution in [1.82, 2.24) is 19.6 Å². The van der Waals surface area contributed by atoms with Crippen molar-refractivity contribution >= 4 is 17.4 Å². The van der Waals surface area contributed by atoms with Crippen molar-refractivity contribution in [1.29, 1.82) is 0 Å². The average Bonchev–Trinajstić information content (AvgIpc) is 2.87. The number of hydrogen-bond donors (Lipinski definition) is 2. The van der Waals surface area contributed by atoms with Gasteiger partial charge in [-0.3, -0.25) is 0 Å². The molecule has 3 aromatic rings. The molecule has 0 aliphatic heterocycles. The second-order valence-corrected chi connectivity index (χ2v) is 3.21. The maximum Gasteiger partial charge on any atom is 0.256 e. The first-order chi connectivity index (χ1) is 7.77. The van der Waals surface area contributed by atoms with Crippen LogP contribution in [0.4, 0.5) is 11.6 Å². The Morgan fingerprint density at radius 2 is 2.19 bits per heavy atom. The molecule has 80 valence electrons. The number of fused-ring (bicyclic) bond motifs is 1. The fourth-order valence-corrected chi connectivity index (χ4v) is 1.56. The number of nitrogens with zero attached hydrogens (tertiary/aromatic N) is 4. The highest BCUT2D eigenvalue weighted by atomic mass is 16.3. The summed E-state index contributed by atoms with van der Waals surface area (Å²) in [5, 5.41) is 3.95. The molecule has 3 rings (SSSR count). The molecule has 0 aliphatic rings. The lowest BCUT2D eigenvalue weighted by Gasteiger charge is -2.06. The van der Waals surface area contributed by atoms with E-state index in [0.717, 1.165) is 0 Å². The Balaban J connectivity index is 2.39. The van der Waals surface area contributed by atoms with E-state index in [1.807, 2.05) is 0 Å². The SMILES string of the molecule is Nc1nc2ncnn2c(N)c1-c1ccco1. The van der Waals surface area contributed by atoms with Crippen molar-refractivity contribution < 1.29 is 4.42 Å². The van der Waals surface area contributed by atoms with Gasteiger partial charge in [0, 0.05) is 0 Å². The zero-order valence-corrected chi connectivity index (χ0v) is 8.16. The van der Waals surface area contributed by atoms with Crippen molar-refractivity contribution in [3.63, 3.8) is 0 Å². The molecule has 0 unspecified atom stereocenters. The summed E-state index contributed by atoms with van der Waals surface area (Å²) in [5.41, 5.74) is 12.3. The molecule has 0 saturated carbocycles. The standard InChI is InChI=1S/C9H8N6O/c10-7-6(5-2-1-3-16-5)8(11)15-9(14-7)12-4-13-15/h1-4H,11H2,(H2,10,12,13,14). The molecule has 0 aliphatic carbocycles. The highest BCUT2D eigenvalue weighted by Crippen LogP contribution is 2.30.